The Morgan fingerprint density at radius 1 is 1.00 bits per heavy atom. The smallest absolute Gasteiger partial charge is 0.493 e. The van der Waals surface area contributed by atoms with Gasteiger partial charge in [-0.2, -0.15) is 13.2 Å². The Kier molecular flexibility index (Phi) is 12.1. The molecule has 0 saturated heterocycles. The second-order valence-corrected chi connectivity index (χ2v) is 13.6. The van der Waals surface area contributed by atoms with Crippen molar-refractivity contribution in [1.29, 1.82) is 0 Å². The highest BCUT2D eigenvalue weighted by Crippen LogP contribution is 2.31. The van der Waals surface area contributed by atoms with Crippen LogP contribution < -0.4 is 26.2 Å². The van der Waals surface area contributed by atoms with E-state index in [4.69, 9.17) is 15.2 Å². The highest BCUT2D eigenvalue weighted by molar-refractivity contribution is 7.91. The van der Waals surface area contributed by atoms with Crippen molar-refractivity contribution in [2.45, 2.75) is 57.5 Å². The summed E-state index contributed by atoms with van der Waals surface area (Å²) in [6.07, 6.45) is -6.40. The van der Waals surface area contributed by atoms with Gasteiger partial charge in [-0.1, -0.05) is 6.92 Å². The molecule has 4 aromatic rings. The van der Waals surface area contributed by atoms with E-state index in [1.165, 1.54) is 39.1 Å². The van der Waals surface area contributed by atoms with Gasteiger partial charge in [-0.15, -0.1) is 5.06 Å². The van der Waals surface area contributed by atoms with Crippen LogP contribution in [-0.4, -0.2) is 56.0 Å². The Bertz CT molecular complexity index is 2080. The lowest BCUT2D eigenvalue weighted by atomic mass is 10.0. The van der Waals surface area contributed by atoms with Gasteiger partial charge in [0.1, 0.15) is 23.4 Å². The zero-order valence-electron chi connectivity index (χ0n) is 28.3. The molecule has 0 saturated carbocycles. The first-order valence-electron chi connectivity index (χ1n) is 15.7. The zero-order chi connectivity index (χ0) is 38.4. The van der Waals surface area contributed by atoms with Crippen LogP contribution in [0.3, 0.4) is 0 Å². The number of fused-ring (bicyclic) bond motifs is 1. The number of ether oxygens (including phenoxy) is 2. The largest absolute Gasteiger partial charge is 0.494 e. The predicted octanol–water partition coefficient (Wildman–Crippen LogP) is 5.99. The van der Waals surface area contributed by atoms with E-state index >= 15 is 4.39 Å². The number of sulfone groups is 1. The van der Waals surface area contributed by atoms with Gasteiger partial charge in [-0.25, -0.2) is 27.4 Å². The van der Waals surface area contributed by atoms with Gasteiger partial charge in [0.2, 0.25) is 5.91 Å². The lowest BCUT2D eigenvalue weighted by molar-refractivity contribution is -0.200. The van der Waals surface area contributed by atoms with Gasteiger partial charge in [0.25, 0.3) is 0 Å². The Balaban J connectivity index is 1.76. The molecule has 1 heterocycles. The van der Waals surface area contributed by atoms with Crippen molar-refractivity contribution in [2.75, 3.05) is 28.5 Å². The minimum Gasteiger partial charge on any atom is -0.494 e. The molecule has 0 bridgehead atoms. The number of carbonyl (C=O) groups excluding carboxylic acids is 3. The topological polar surface area (TPSA) is 179 Å². The third kappa shape index (κ3) is 9.36. The second-order valence-electron chi connectivity index (χ2n) is 11.3. The van der Waals surface area contributed by atoms with Gasteiger partial charge in [-0.3, -0.25) is 4.79 Å². The van der Waals surface area contributed by atoms with Gasteiger partial charge in [0.15, 0.2) is 9.84 Å². The lowest BCUT2D eigenvalue weighted by Gasteiger charge is -2.24. The van der Waals surface area contributed by atoms with E-state index in [0.717, 1.165) is 24.3 Å². The number of halogens is 4. The molecule has 0 aliphatic carbocycles. The maximum atomic E-state index is 15.4. The molecule has 3 aromatic carbocycles. The standard InChI is InChI=1S/C34H35F4N5O8S/c1-5-49-24-9-11-27(35)26(17-24)29(42-22-7-10-25-20(15-22)13-14-40-30(25)39)31(44)41-18-21-16-23(8-12-28(21)52(47,48)6-2)43(33(46)50-19(3)4)51-32(45)34(36,37)38/h7-17,19,29,42H,5-6,18H2,1-4H3,(H2,39,40)(H,41,44). The van der Waals surface area contributed by atoms with Gasteiger partial charge in [0.05, 0.1) is 29.0 Å². The van der Waals surface area contributed by atoms with Crippen LogP contribution in [0.5, 0.6) is 5.75 Å². The van der Waals surface area contributed by atoms with Crippen LogP contribution in [0.2, 0.25) is 0 Å². The van der Waals surface area contributed by atoms with Crippen LogP contribution in [0.25, 0.3) is 10.8 Å². The van der Waals surface area contributed by atoms with E-state index in [0.29, 0.717) is 16.5 Å². The number of aromatic nitrogens is 1. The van der Waals surface area contributed by atoms with Crippen molar-refractivity contribution < 1.29 is 54.7 Å². The number of nitrogens with zero attached hydrogens (tertiary/aromatic N) is 2. The van der Waals surface area contributed by atoms with Crippen LogP contribution in [0, 0.1) is 5.82 Å². The Morgan fingerprint density at radius 3 is 2.38 bits per heavy atom. The molecule has 0 aliphatic rings. The SMILES string of the molecule is CCOc1ccc(F)c(C(Nc2ccc3c(N)nccc3c2)C(=O)NCc2cc(N(OC(=O)C(F)(F)F)C(=O)OC(C)C)ccc2S(=O)(=O)CC)c1. The fourth-order valence-electron chi connectivity index (χ4n) is 4.89. The number of hydrogen-bond donors (Lipinski definition) is 3. The van der Waals surface area contributed by atoms with Crippen molar-refractivity contribution in [3.8, 4) is 5.75 Å². The monoisotopic (exact) mass is 749 g/mol. The molecule has 18 heteroatoms. The Hall–Kier alpha value is -5.65. The molecule has 0 fully saturated rings. The molecule has 4 N–H and O–H groups in total. The number of alkyl halides is 3. The first-order valence-corrected chi connectivity index (χ1v) is 17.4. The summed E-state index contributed by atoms with van der Waals surface area (Å²) in [5.74, 6) is -4.32. The summed E-state index contributed by atoms with van der Waals surface area (Å²) in [6, 6.07) is 11.8. The number of pyridine rings is 1. The number of carbonyl (C=O) groups is 3. The number of rotatable bonds is 12. The van der Waals surface area contributed by atoms with Crippen LogP contribution >= 0.6 is 0 Å². The van der Waals surface area contributed by atoms with E-state index < -0.39 is 69.9 Å². The first-order chi connectivity index (χ1) is 24.4. The number of hydrogen-bond acceptors (Lipinski definition) is 11. The number of benzene rings is 3. The molecule has 0 aliphatic heterocycles. The predicted molar refractivity (Wildman–Crippen MR) is 182 cm³/mol. The van der Waals surface area contributed by atoms with Crippen molar-refractivity contribution >= 4 is 55.8 Å². The van der Waals surface area contributed by atoms with Gasteiger partial charge < -0.3 is 30.7 Å². The number of anilines is 3. The van der Waals surface area contributed by atoms with Crippen LogP contribution in [0.1, 0.15) is 44.9 Å². The summed E-state index contributed by atoms with van der Waals surface area (Å²) in [4.78, 5) is 46.5. The average molecular weight is 750 g/mol. The van der Waals surface area contributed by atoms with Crippen molar-refractivity contribution in [1.82, 2.24) is 10.3 Å². The molecule has 2 amide bonds. The number of nitrogens with one attached hydrogen (secondary N) is 2. The summed E-state index contributed by atoms with van der Waals surface area (Å²) >= 11 is 0. The maximum absolute atomic E-state index is 15.4. The molecule has 1 aromatic heterocycles. The van der Waals surface area contributed by atoms with E-state index in [1.54, 1.807) is 31.2 Å². The molecule has 1 atom stereocenters. The molecule has 52 heavy (non-hydrogen) atoms. The Labute approximate surface area is 295 Å². The van der Waals surface area contributed by atoms with Crippen molar-refractivity contribution in [3.05, 3.63) is 83.8 Å². The van der Waals surface area contributed by atoms with E-state index in [2.05, 4.69) is 20.5 Å². The number of nitrogen functional groups attached to an aromatic ring is 1. The molecule has 4 rings (SSSR count). The normalized spacial score (nSPS) is 12.2. The average Bonchev–Trinajstić information content (AvgIpc) is 3.08. The highest BCUT2D eigenvalue weighted by atomic mass is 32.2. The molecule has 0 radical (unpaired) electrons. The van der Waals surface area contributed by atoms with Gasteiger partial charge in [0, 0.05) is 29.4 Å². The van der Waals surface area contributed by atoms with Crippen LogP contribution in [0.15, 0.2) is 71.8 Å². The summed E-state index contributed by atoms with van der Waals surface area (Å²) in [7, 11) is -4.05. The summed E-state index contributed by atoms with van der Waals surface area (Å²) < 4.78 is 91.4. The fourth-order valence-corrected chi connectivity index (χ4v) is 6.01. The van der Waals surface area contributed by atoms with Crippen molar-refractivity contribution in [3.63, 3.8) is 0 Å². The van der Waals surface area contributed by atoms with E-state index in [-0.39, 0.29) is 39.3 Å². The van der Waals surface area contributed by atoms with Gasteiger partial charge in [-0.05, 0) is 92.4 Å². The van der Waals surface area contributed by atoms with Gasteiger partial charge >= 0.3 is 18.2 Å². The number of amides is 2. The molecule has 1 unspecified atom stereocenters. The lowest BCUT2D eigenvalue weighted by Crippen LogP contribution is -2.40. The number of hydroxylamine groups is 1. The Morgan fingerprint density at radius 2 is 1.73 bits per heavy atom. The van der Waals surface area contributed by atoms with Crippen LogP contribution in [-0.2, 0) is 35.5 Å². The second kappa shape index (κ2) is 16.1. The summed E-state index contributed by atoms with van der Waals surface area (Å²) in [6.45, 7) is 5.46. The molecular formula is C34H35F4N5O8S. The third-order valence-electron chi connectivity index (χ3n) is 7.31. The quantitative estimate of drug-likeness (QED) is 0.114. The highest BCUT2D eigenvalue weighted by Gasteiger charge is 2.44. The first kappa shape index (κ1) is 39.1. The molecule has 0 spiro atoms. The molecular weight excluding hydrogens is 714 g/mol. The maximum Gasteiger partial charge on any atom is 0.493 e. The minimum absolute atomic E-state index is 0.0789. The summed E-state index contributed by atoms with van der Waals surface area (Å²) in [5, 5.41) is 6.73. The minimum atomic E-state index is -5.51. The van der Waals surface area contributed by atoms with Crippen molar-refractivity contribution in [2.24, 2.45) is 0 Å². The molecule has 278 valence electrons. The summed E-state index contributed by atoms with van der Waals surface area (Å²) in [5.41, 5.74) is 5.44. The fraction of sp³-hybridized carbons (Fsp3) is 0.294. The third-order valence-corrected chi connectivity index (χ3v) is 9.14. The van der Waals surface area contributed by atoms with E-state index in [1.807, 2.05) is 0 Å². The van der Waals surface area contributed by atoms with E-state index in [9.17, 15) is 36.0 Å². The van der Waals surface area contributed by atoms with Crippen LogP contribution in [0.4, 0.5) is 39.5 Å². The number of nitrogens with two attached hydrogens (primary N) is 1. The zero-order valence-corrected chi connectivity index (χ0v) is 29.1. The molecule has 13 nitrogen and oxygen atoms in total.